The first-order valence-electron chi connectivity index (χ1n) is 15.8. The average molecular weight is 785 g/mol. The van der Waals surface area contributed by atoms with Gasteiger partial charge < -0.3 is 25.4 Å². The van der Waals surface area contributed by atoms with E-state index in [0.29, 0.717) is 32.1 Å². The minimum Gasteiger partial charge on any atom is -0.489 e. The first-order chi connectivity index (χ1) is 23.0. The zero-order valence-corrected chi connectivity index (χ0v) is 30.7. The van der Waals surface area contributed by atoms with Gasteiger partial charge in [-0.05, 0) is 97.3 Å². The van der Waals surface area contributed by atoms with Crippen molar-refractivity contribution in [2.75, 3.05) is 44.0 Å². The van der Waals surface area contributed by atoms with E-state index in [1.807, 2.05) is 32.0 Å². The second kappa shape index (κ2) is 15.6. The molecule has 0 spiro atoms. The standard InChI is InChI=1S/C35H41IN6O5S/c1-22(2)47-31-19-26(25-10-8-9-24(17-25)21-42-13-15-46-16-14-42)27(34(43)37-5)18-30(31)40-35-38-20-28(36)33(41-35)39-29-11-6-7-12-32(29)48(44,45)23(3)4/h6-12,17-20,22-23H,13-16,21H2,1-5H3,(H,37,43)(H2,38,39,40,41). The number of halogens is 1. The molecular formula is C35H41IN6O5S. The van der Waals surface area contributed by atoms with Gasteiger partial charge in [0.25, 0.3) is 5.91 Å². The summed E-state index contributed by atoms with van der Waals surface area (Å²) in [6.45, 7) is 11.2. The van der Waals surface area contributed by atoms with Crippen molar-refractivity contribution in [3.63, 3.8) is 0 Å². The lowest BCUT2D eigenvalue weighted by Gasteiger charge is -2.26. The van der Waals surface area contributed by atoms with Crippen LogP contribution in [0.1, 0.15) is 43.6 Å². The molecule has 1 aromatic heterocycles. The number of nitrogens with zero attached hydrogens (tertiary/aromatic N) is 3. The van der Waals surface area contributed by atoms with Crippen LogP contribution in [0.15, 0.2) is 71.8 Å². The molecule has 4 aromatic rings. The monoisotopic (exact) mass is 784 g/mol. The van der Waals surface area contributed by atoms with Crippen LogP contribution in [-0.4, -0.2) is 73.9 Å². The van der Waals surface area contributed by atoms with Gasteiger partial charge in [0.15, 0.2) is 9.84 Å². The SMILES string of the molecule is CNC(=O)c1cc(Nc2ncc(I)c(Nc3ccccc3S(=O)(=O)C(C)C)n2)c(OC(C)C)cc1-c1cccc(CN2CCOCC2)c1. The number of carbonyl (C=O) groups excluding carboxylic acids is 1. The van der Waals surface area contributed by atoms with E-state index >= 15 is 0 Å². The van der Waals surface area contributed by atoms with Crippen LogP contribution in [0.2, 0.25) is 0 Å². The third kappa shape index (κ3) is 8.43. The van der Waals surface area contributed by atoms with Gasteiger partial charge >= 0.3 is 0 Å². The lowest BCUT2D eigenvalue weighted by molar-refractivity contribution is 0.0342. The maximum absolute atomic E-state index is 13.3. The lowest BCUT2D eigenvalue weighted by atomic mass is 9.96. The van der Waals surface area contributed by atoms with Crippen LogP contribution in [0.4, 0.5) is 23.1 Å². The van der Waals surface area contributed by atoms with E-state index < -0.39 is 15.1 Å². The predicted molar refractivity (Wildman–Crippen MR) is 197 cm³/mol. The molecule has 0 aliphatic carbocycles. The van der Waals surface area contributed by atoms with Crippen molar-refractivity contribution in [1.82, 2.24) is 20.2 Å². The third-order valence-electron chi connectivity index (χ3n) is 7.76. The molecule has 5 rings (SSSR count). The smallest absolute Gasteiger partial charge is 0.251 e. The van der Waals surface area contributed by atoms with E-state index in [0.717, 1.165) is 49.5 Å². The van der Waals surface area contributed by atoms with Crippen LogP contribution in [0.3, 0.4) is 0 Å². The Balaban J connectivity index is 1.52. The summed E-state index contributed by atoms with van der Waals surface area (Å²) in [7, 11) is -1.95. The van der Waals surface area contributed by atoms with Gasteiger partial charge in [0.1, 0.15) is 11.6 Å². The van der Waals surface area contributed by atoms with Gasteiger partial charge in [-0.3, -0.25) is 9.69 Å². The van der Waals surface area contributed by atoms with E-state index in [9.17, 15) is 13.2 Å². The number of amides is 1. The van der Waals surface area contributed by atoms with E-state index in [4.69, 9.17) is 9.47 Å². The fraction of sp³-hybridized carbons (Fsp3) is 0.343. The molecule has 0 bridgehead atoms. The fourth-order valence-corrected chi connectivity index (χ4v) is 6.88. The van der Waals surface area contributed by atoms with Crippen LogP contribution in [0, 0.1) is 3.57 Å². The summed E-state index contributed by atoms with van der Waals surface area (Å²) >= 11 is 2.10. The van der Waals surface area contributed by atoms with E-state index in [1.165, 1.54) is 0 Å². The molecule has 1 fully saturated rings. The normalized spacial score (nSPS) is 13.8. The number of morpholine rings is 1. The Morgan fingerprint density at radius 3 is 2.46 bits per heavy atom. The Hall–Kier alpha value is -3.79. The molecule has 11 nitrogen and oxygen atoms in total. The summed E-state index contributed by atoms with van der Waals surface area (Å²) in [4.78, 5) is 25.0. The number of carbonyl (C=O) groups is 1. The highest BCUT2D eigenvalue weighted by molar-refractivity contribution is 14.1. The van der Waals surface area contributed by atoms with Crippen LogP contribution in [0.25, 0.3) is 11.1 Å². The minimum atomic E-state index is -3.56. The molecular weight excluding hydrogens is 743 g/mol. The number of nitrogens with one attached hydrogen (secondary N) is 3. The van der Waals surface area contributed by atoms with Crippen molar-refractivity contribution < 1.29 is 22.7 Å². The Labute approximate surface area is 295 Å². The van der Waals surface area contributed by atoms with Gasteiger partial charge in [0.2, 0.25) is 5.95 Å². The molecule has 0 saturated carbocycles. The zero-order chi connectivity index (χ0) is 34.4. The number of rotatable bonds is 12. The highest BCUT2D eigenvalue weighted by Gasteiger charge is 2.24. The van der Waals surface area contributed by atoms with E-state index in [2.05, 4.69) is 65.5 Å². The van der Waals surface area contributed by atoms with Gasteiger partial charge in [0.05, 0.1) is 44.4 Å². The van der Waals surface area contributed by atoms with Crippen molar-refractivity contribution in [2.24, 2.45) is 0 Å². The van der Waals surface area contributed by atoms with Crippen molar-refractivity contribution in [3.8, 4) is 16.9 Å². The number of benzene rings is 3. The number of ether oxygens (including phenoxy) is 2. The summed E-state index contributed by atoms with van der Waals surface area (Å²) in [5.74, 6) is 0.928. The Morgan fingerprint density at radius 2 is 1.75 bits per heavy atom. The third-order valence-corrected chi connectivity index (χ3v) is 10.8. The minimum absolute atomic E-state index is 0.161. The average Bonchev–Trinajstić information content (AvgIpc) is 3.07. The number of para-hydroxylation sites is 1. The molecule has 1 saturated heterocycles. The van der Waals surface area contributed by atoms with Gasteiger partial charge in [-0.15, -0.1) is 0 Å². The predicted octanol–water partition coefficient (Wildman–Crippen LogP) is 6.40. The second-order valence-corrected chi connectivity index (χ2v) is 15.6. The Morgan fingerprint density at radius 1 is 1.00 bits per heavy atom. The van der Waals surface area contributed by atoms with E-state index in [-0.39, 0.29) is 22.9 Å². The van der Waals surface area contributed by atoms with Gasteiger partial charge in [-0.25, -0.2) is 13.4 Å². The number of hydrogen-bond donors (Lipinski definition) is 3. The molecule has 2 heterocycles. The molecule has 3 aromatic carbocycles. The van der Waals surface area contributed by atoms with Crippen LogP contribution in [-0.2, 0) is 21.1 Å². The second-order valence-electron chi connectivity index (χ2n) is 12.0. The summed E-state index contributed by atoms with van der Waals surface area (Å²) in [6, 6.07) is 18.6. The molecule has 1 aliphatic heterocycles. The molecule has 0 unspecified atom stereocenters. The molecule has 0 radical (unpaired) electrons. The number of sulfone groups is 1. The molecule has 48 heavy (non-hydrogen) atoms. The van der Waals surface area contributed by atoms with Gasteiger partial charge in [0, 0.05) is 38.4 Å². The summed E-state index contributed by atoms with van der Waals surface area (Å²) in [5, 5.41) is 8.63. The number of anilines is 4. The summed E-state index contributed by atoms with van der Waals surface area (Å²) < 4.78 is 38.6. The zero-order valence-electron chi connectivity index (χ0n) is 27.7. The quantitative estimate of drug-likeness (QED) is 0.139. The molecule has 3 N–H and O–H groups in total. The molecule has 254 valence electrons. The van der Waals surface area contributed by atoms with Gasteiger partial charge in [-0.1, -0.05) is 30.3 Å². The topological polar surface area (TPSA) is 135 Å². The maximum atomic E-state index is 13.3. The van der Waals surface area contributed by atoms with Crippen LogP contribution >= 0.6 is 22.6 Å². The first kappa shape index (κ1) is 35.5. The fourth-order valence-electron chi connectivity index (χ4n) is 5.28. The summed E-state index contributed by atoms with van der Waals surface area (Å²) in [5.41, 5.74) is 4.14. The molecule has 1 aliphatic rings. The number of hydrogen-bond acceptors (Lipinski definition) is 10. The Kier molecular flexibility index (Phi) is 11.6. The number of aromatic nitrogens is 2. The molecule has 13 heteroatoms. The first-order valence-corrected chi connectivity index (χ1v) is 18.4. The highest BCUT2D eigenvalue weighted by atomic mass is 127. The Bertz CT molecular complexity index is 1880. The van der Waals surface area contributed by atoms with Crippen LogP contribution in [0.5, 0.6) is 5.75 Å². The van der Waals surface area contributed by atoms with Gasteiger partial charge in [-0.2, -0.15) is 4.98 Å². The lowest BCUT2D eigenvalue weighted by Crippen LogP contribution is -2.35. The summed E-state index contributed by atoms with van der Waals surface area (Å²) in [6.07, 6.45) is 1.47. The largest absolute Gasteiger partial charge is 0.489 e. The highest BCUT2D eigenvalue weighted by Crippen LogP contribution is 2.37. The van der Waals surface area contributed by atoms with Crippen molar-refractivity contribution in [2.45, 2.75) is 50.5 Å². The molecule has 0 atom stereocenters. The van der Waals surface area contributed by atoms with Crippen LogP contribution < -0.4 is 20.7 Å². The van der Waals surface area contributed by atoms with Crippen molar-refractivity contribution in [3.05, 3.63) is 81.6 Å². The van der Waals surface area contributed by atoms with Crippen molar-refractivity contribution in [1.29, 1.82) is 0 Å². The van der Waals surface area contributed by atoms with Crippen molar-refractivity contribution >= 4 is 61.5 Å². The van der Waals surface area contributed by atoms with E-state index in [1.54, 1.807) is 57.4 Å². The maximum Gasteiger partial charge on any atom is 0.251 e. The molecule has 1 amide bonds.